The molecule has 8 nitrogen and oxygen atoms in total. The summed E-state index contributed by atoms with van der Waals surface area (Å²) in [4.78, 5) is 27.8. The molecule has 0 bridgehead atoms. The van der Waals surface area contributed by atoms with Crippen molar-refractivity contribution in [2.24, 2.45) is 0 Å². The van der Waals surface area contributed by atoms with E-state index in [1.165, 1.54) is 19.0 Å². The van der Waals surface area contributed by atoms with Crippen LogP contribution in [0.15, 0.2) is 48.9 Å². The molecule has 0 radical (unpaired) electrons. The number of piperazine rings is 1. The molecule has 0 spiro atoms. The SMILES string of the molecule is CC(=O)c1cn(C2CCCC2)c2ccc(-c3nc(Nc4ccc(N5CCNCC5)cn4)ncc3F)cc12.Cl. The fourth-order valence-electron chi connectivity index (χ4n) is 5.48. The lowest BCUT2D eigenvalue weighted by molar-refractivity contribution is 0.101. The van der Waals surface area contributed by atoms with E-state index in [0.717, 1.165) is 55.6 Å². The minimum absolute atomic E-state index is 0. The highest BCUT2D eigenvalue weighted by Crippen LogP contribution is 2.36. The predicted octanol–water partition coefficient (Wildman–Crippen LogP) is 5.53. The van der Waals surface area contributed by atoms with Crippen LogP contribution < -0.4 is 15.5 Å². The van der Waals surface area contributed by atoms with Crippen LogP contribution in [0.1, 0.15) is 49.0 Å². The van der Waals surface area contributed by atoms with Gasteiger partial charge in [0.15, 0.2) is 11.6 Å². The van der Waals surface area contributed by atoms with Crippen LogP contribution in [0.4, 0.5) is 21.8 Å². The molecular weight excluding hydrogens is 505 g/mol. The molecular formula is C28H31ClFN7O. The van der Waals surface area contributed by atoms with E-state index in [1.807, 2.05) is 42.7 Å². The summed E-state index contributed by atoms with van der Waals surface area (Å²) in [5.41, 5.74) is 3.50. The molecule has 4 heterocycles. The monoisotopic (exact) mass is 535 g/mol. The lowest BCUT2D eigenvalue weighted by atomic mass is 10.0. The quantitative estimate of drug-likeness (QED) is 0.314. The summed E-state index contributed by atoms with van der Waals surface area (Å²) in [6.45, 7) is 5.37. The van der Waals surface area contributed by atoms with Crippen molar-refractivity contribution < 1.29 is 9.18 Å². The second-order valence-corrected chi connectivity index (χ2v) is 9.83. The highest BCUT2D eigenvalue weighted by molar-refractivity contribution is 6.08. The van der Waals surface area contributed by atoms with E-state index in [1.54, 1.807) is 6.92 Å². The highest BCUT2D eigenvalue weighted by Gasteiger charge is 2.22. The number of rotatable bonds is 6. The van der Waals surface area contributed by atoms with Crippen molar-refractivity contribution in [3.63, 3.8) is 0 Å². The molecule has 6 rings (SSSR count). The number of nitrogens with zero attached hydrogens (tertiary/aromatic N) is 5. The molecule has 4 aromatic rings. The minimum atomic E-state index is -0.522. The Morgan fingerprint density at radius 3 is 2.58 bits per heavy atom. The van der Waals surface area contributed by atoms with E-state index >= 15 is 0 Å². The summed E-state index contributed by atoms with van der Waals surface area (Å²) in [6.07, 6.45) is 9.58. The maximum atomic E-state index is 14.9. The molecule has 198 valence electrons. The van der Waals surface area contributed by atoms with Crippen LogP contribution in [0.2, 0.25) is 0 Å². The minimum Gasteiger partial charge on any atom is -0.368 e. The average molecular weight is 536 g/mol. The fraction of sp³-hybridized carbons (Fsp3) is 0.357. The van der Waals surface area contributed by atoms with Gasteiger partial charge in [-0.25, -0.2) is 19.3 Å². The number of nitrogens with one attached hydrogen (secondary N) is 2. The van der Waals surface area contributed by atoms with Crippen molar-refractivity contribution in [1.82, 2.24) is 24.8 Å². The molecule has 2 aliphatic rings. The van der Waals surface area contributed by atoms with Gasteiger partial charge in [-0.3, -0.25) is 4.79 Å². The van der Waals surface area contributed by atoms with E-state index in [9.17, 15) is 9.18 Å². The predicted molar refractivity (Wildman–Crippen MR) is 150 cm³/mol. The van der Waals surface area contributed by atoms with Gasteiger partial charge in [0, 0.05) is 60.4 Å². The van der Waals surface area contributed by atoms with Crippen LogP contribution in [0, 0.1) is 5.82 Å². The number of carbonyl (C=O) groups excluding carboxylic acids is 1. The molecule has 0 unspecified atom stereocenters. The van der Waals surface area contributed by atoms with Gasteiger partial charge in [0.2, 0.25) is 5.95 Å². The van der Waals surface area contributed by atoms with Gasteiger partial charge in [0.05, 0.1) is 18.1 Å². The summed E-state index contributed by atoms with van der Waals surface area (Å²) < 4.78 is 17.1. The molecule has 3 aromatic heterocycles. The smallest absolute Gasteiger partial charge is 0.229 e. The molecule has 0 atom stereocenters. The van der Waals surface area contributed by atoms with Gasteiger partial charge in [-0.1, -0.05) is 18.9 Å². The van der Waals surface area contributed by atoms with Gasteiger partial charge in [0.1, 0.15) is 11.5 Å². The van der Waals surface area contributed by atoms with Crippen molar-refractivity contribution in [1.29, 1.82) is 0 Å². The van der Waals surface area contributed by atoms with Gasteiger partial charge < -0.3 is 20.1 Å². The van der Waals surface area contributed by atoms with Gasteiger partial charge in [-0.15, -0.1) is 12.4 Å². The van der Waals surface area contributed by atoms with Crippen LogP contribution in [-0.2, 0) is 0 Å². The number of hydrogen-bond donors (Lipinski definition) is 2. The van der Waals surface area contributed by atoms with Crippen molar-refractivity contribution in [3.05, 3.63) is 60.3 Å². The van der Waals surface area contributed by atoms with Crippen LogP contribution >= 0.6 is 12.4 Å². The molecule has 10 heteroatoms. The van der Waals surface area contributed by atoms with Crippen molar-refractivity contribution in [3.8, 4) is 11.3 Å². The van der Waals surface area contributed by atoms with Gasteiger partial charge in [0.25, 0.3) is 0 Å². The molecule has 1 aromatic carbocycles. The lowest BCUT2D eigenvalue weighted by Gasteiger charge is -2.29. The number of ketones is 1. The van der Waals surface area contributed by atoms with E-state index in [4.69, 9.17) is 0 Å². The number of Topliss-reactive ketones (excluding diaryl/α,β-unsaturated/α-hetero) is 1. The Balaban J connectivity index is 0.00000294. The number of carbonyl (C=O) groups is 1. The zero-order valence-electron chi connectivity index (χ0n) is 21.3. The number of hydrogen-bond acceptors (Lipinski definition) is 7. The fourth-order valence-corrected chi connectivity index (χ4v) is 5.48. The number of halogens is 2. The summed E-state index contributed by atoms with van der Waals surface area (Å²) >= 11 is 0. The van der Waals surface area contributed by atoms with Crippen molar-refractivity contribution in [2.75, 3.05) is 36.4 Å². The molecule has 38 heavy (non-hydrogen) atoms. The maximum Gasteiger partial charge on any atom is 0.229 e. The van der Waals surface area contributed by atoms with Gasteiger partial charge in [-0.2, -0.15) is 0 Å². The molecule has 0 amide bonds. The van der Waals surface area contributed by atoms with Crippen molar-refractivity contribution in [2.45, 2.75) is 38.6 Å². The van der Waals surface area contributed by atoms with Gasteiger partial charge in [-0.05, 0) is 44.0 Å². The van der Waals surface area contributed by atoms with E-state index in [2.05, 4.69) is 35.1 Å². The normalized spacial score (nSPS) is 16.0. The van der Waals surface area contributed by atoms with Crippen molar-refractivity contribution >= 4 is 46.5 Å². The third kappa shape index (κ3) is 5.08. The standard InChI is InChI=1S/C28H30FN7O.ClH/c1-18(37)23-17-36(20-4-2-3-5-20)25-8-6-19(14-22(23)25)27-24(29)16-32-28(34-27)33-26-9-7-21(15-31-26)35-12-10-30-11-13-35;/h6-9,14-17,20,30H,2-5,10-13H2,1H3,(H,31,32,33,34);1H. The summed E-state index contributed by atoms with van der Waals surface area (Å²) in [5.74, 6) is 0.319. The number of pyridine rings is 1. The zero-order chi connectivity index (χ0) is 25.4. The zero-order valence-corrected chi connectivity index (χ0v) is 22.1. The Kier molecular flexibility index (Phi) is 7.58. The van der Waals surface area contributed by atoms with Crippen LogP contribution in [0.3, 0.4) is 0 Å². The third-order valence-corrected chi connectivity index (χ3v) is 7.42. The second-order valence-electron chi connectivity index (χ2n) is 9.83. The molecule has 2 fully saturated rings. The third-order valence-electron chi connectivity index (χ3n) is 7.42. The first-order valence-electron chi connectivity index (χ1n) is 12.9. The summed E-state index contributed by atoms with van der Waals surface area (Å²) in [7, 11) is 0. The Bertz CT molecular complexity index is 1440. The second kappa shape index (κ2) is 11.0. The Morgan fingerprint density at radius 1 is 1.08 bits per heavy atom. The summed E-state index contributed by atoms with van der Waals surface area (Å²) in [5, 5.41) is 7.26. The number of benzene rings is 1. The van der Waals surface area contributed by atoms with E-state index in [0.29, 0.717) is 23.0 Å². The van der Waals surface area contributed by atoms with Crippen LogP contribution in [0.5, 0.6) is 0 Å². The Morgan fingerprint density at radius 2 is 1.87 bits per heavy atom. The number of anilines is 3. The molecule has 1 saturated heterocycles. The molecule has 1 aliphatic carbocycles. The van der Waals surface area contributed by atoms with Crippen LogP contribution in [0.25, 0.3) is 22.2 Å². The number of fused-ring (bicyclic) bond motifs is 1. The van der Waals surface area contributed by atoms with E-state index in [-0.39, 0.29) is 29.8 Å². The lowest BCUT2D eigenvalue weighted by Crippen LogP contribution is -2.43. The molecule has 1 aliphatic heterocycles. The Labute approximate surface area is 227 Å². The summed E-state index contributed by atoms with van der Waals surface area (Å²) in [6, 6.07) is 10.00. The maximum absolute atomic E-state index is 14.9. The largest absolute Gasteiger partial charge is 0.368 e. The average Bonchev–Trinajstić information content (AvgIpc) is 3.59. The van der Waals surface area contributed by atoms with E-state index < -0.39 is 5.82 Å². The highest BCUT2D eigenvalue weighted by atomic mass is 35.5. The van der Waals surface area contributed by atoms with Gasteiger partial charge >= 0.3 is 0 Å². The molecule has 1 saturated carbocycles. The van der Waals surface area contributed by atoms with Crippen LogP contribution in [-0.4, -0.2) is 51.5 Å². The molecule has 2 N–H and O–H groups in total. The number of aromatic nitrogens is 4. The topological polar surface area (TPSA) is 88.0 Å². The first-order chi connectivity index (χ1) is 18.1. The first kappa shape index (κ1) is 26.1. The first-order valence-corrected chi connectivity index (χ1v) is 12.9. The Hall–Kier alpha value is -3.56.